The molecule has 2 N–H and O–H groups in total. The average molecular weight is 285 g/mol. The molecule has 0 spiro atoms. The second-order valence-corrected chi connectivity index (χ2v) is 5.60. The van der Waals surface area contributed by atoms with Crippen molar-refractivity contribution in [1.82, 2.24) is 10.1 Å². The normalized spacial score (nSPS) is 18.2. The number of amides is 1. The molecule has 1 atom stereocenters. The van der Waals surface area contributed by atoms with Crippen LogP contribution in [0.15, 0.2) is 28.8 Å². The number of carbonyl (C=O) groups is 1. The second-order valence-electron chi connectivity index (χ2n) is 5.60. The van der Waals surface area contributed by atoms with E-state index < -0.39 is 0 Å². The zero-order chi connectivity index (χ0) is 15.0. The first-order valence-corrected chi connectivity index (χ1v) is 7.16. The van der Waals surface area contributed by atoms with Crippen LogP contribution in [0.5, 0.6) is 0 Å². The third kappa shape index (κ3) is 2.51. The summed E-state index contributed by atoms with van der Waals surface area (Å²) in [6.07, 6.45) is 1.87. The van der Waals surface area contributed by atoms with Crippen LogP contribution in [-0.4, -0.2) is 22.5 Å². The van der Waals surface area contributed by atoms with E-state index in [2.05, 4.69) is 5.16 Å². The first-order valence-electron chi connectivity index (χ1n) is 7.16. The van der Waals surface area contributed by atoms with E-state index in [1.165, 1.54) is 0 Å². The average Bonchev–Trinajstić information content (AvgIpc) is 3.09. The van der Waals surface area contributed by atoms with Crippen LogP contribution in [0.25, 0.3) is 0 Å². The minimum Gasteiger partial charge on any atom is -0.399 e. The molecule has 0 bridgehead atoms. The highest BCUT2D eigenvalue weighted by atomic mass is 16.5. The molecule has 1 aliphatic heterocycles. The van der Waals surface area contributed by atoms with E-state index >= 15 is 0 Å². The molecule has 1 fully saturated rings. The van der Waals surface area contributed by atoms with Gasteiger partial charge in [0.2, 0.25) is 0 Å². The smallest absolute Gasteiger partial charge is 0.254 e. The Balaban J connectivity index is 1.91. The van der Waals surface area contributed by atoms with E-state index in [-0.39, 0.29) is 11.9 Å². The molecule has 0 aliphatic carbocycles. The molecule has 21 heavy (non-hydrogen) atoms. The number of hydrogen-bond acceptors (Lipinski definition) is 4. The van der Waals surface area contributed by atoms with Crippen molar-refractivity contribution in [3.05, 3.63) is 46.8 Å². The zero-order valence-electron chi connectivity index (χ0n) is 12.3. The van der Waals surface area contributed by atoms with Crippen molar-refractivity contribution >= 4 is 11.6 Å². The topological polar surface area (TPSA) is 72.4 Å². The lowest BCUT2D eigenvalue weighted by molar-refractivity contribution is 0.0714. The molecule has 5 nitrogen and oxygen atoms in total. The van der Waals surface area contributed by atoms with Crippen molar-refractivity contribution in [1.29, 1.82) is 0 Å². The van der Waals surface area contributed by atoms with E-state index in [0.29, 0.717) is 11.3 Å². The number of benzene rings is 1. The number of carbonyl (C=O) groups excluding carboxylic acids is 1. The van der Waals surface area contributed by atoms with Crippen molar-refractivity contribution in [3.8, 4) is 0 Å². The maximum Gasteiger partial charge on any atom is 0.254 e. The van der Waals surface area contributed by atoms with E-state index in [0.717, 1.165) is 36.4 Å². The monoisotopic (exact) mass is 285 g/mol. The zero-order valence-corrected chi connectivity index (χ0v) is 12.3. The summed E-state index contributed by atoms with van der Waals surface area (Å²) in [6.45, 7) is 4.55. The fourth-order valence-corrected chi connectivity index (χ4v) is 2.87. The summed E-state index contributed by atoms with van der Waals surface area (Å²) in [5.41, 5.74) is 8.86. The molecule has 5 heteroatoms. The minimum atomic E-state index is -0.0282. The summed E-state index contributed by atoms with van der Waals surface area (Å²) >= 11 is 0. The quantitative estimate of drug-likeness (QED) is 0.861. The number of aromatic nitrogens is 1. The Morgan fingerprint density at radius 3 is 2.90 bits per heavy atom. The predicted octanol–water partition coefficient (Wildman–Crippen LogP) is 2.85. The second kappa shape index (κ2) is 5.24. The lowest BCUT2D eigenvalue weighted by Gasteiger charge is -2.23. The van der Waals surface area contributed by atoms with Gasteiger partial charge in [-0.3, -0.25) is 4.79 Å². The Morgan fingerprint density at radius 2 is 2.19 bits per heavy atom. The van der Waals surface area contributed by atoms with Gasteiger partial charge in [-0.25, -0.2) is 0 Å². The van der Waals surface area contributed by atoms with Crippen LogP contribution in [-0.2, 0) is 0 Å². The van der Waals surface area contributed by atoms with Crippen molar-refractivity contribution in [2.45, 2.75) is 32.7 Å². The molecular weight excluding hydrogens is 266 g/mol. The molecule has 110 valence electrons. The van der Waals surface area contributed by atoms with Crippen molar-refractivity contribution in [3.63, 3.8) is 0 Å². The molecule has 1 aliphatic rings. The predicted molar refractivity (Wildman–Crippen MR) is 79.8 cm³/mol. The van der Waals surface area contributed by atoms with Crippen molar-refractivity contribution < 1.29 is 9.32 Å². The number of hydrogen-bond donors (Lipinski definition) is 1. The van der Waals surface area contributed by atoms with Crippen molar-refractivity contribution in [2.24, 2.45) is 0 Å². The number of rotatable bonds is 2. The minimum absolute atomic E-state index is 0.0105. The fraction of sp³-hybridized carbons (Fsp3) is 0.375. The van der Waals surface area contributed by atoms with Gasteiger partial charge in [-0.2, -0.15) is 0 Å². The summed E-state index contributed by atoms with van der Waals surface area (Å²) < 4.78 is 5.35. The molecule has 3 rings (SSSR count). The number of nitrogens with zero attached hydrogens (tertiary/aromatic N) is 2. The Hall–Kier alpha value is -2.30. The number of likely N-dealkylation sites (tertiary alicyclic amines) is 1. The van der Waals surface area contributed by atoms with Crippen LogP contribution in [0.2, 0.25) is 0 Å². The van der Waals surface area contributed by atoms with Crippen LogP contribution >= 0.6 is 0 Å². The van der Waals surface area contributed by atoms with Crippen LogP contribution in [0.4, 0.5) is 5.69 Å². The largest absolute Gasteiger partial charge is 0.399 e. The molecule has 0 radical (unpaired) electrons. The first-order chi connectivity index (χ1) is 10.1. The van der Waals surface area contributed by atoms with E-state index in [4.69, 9.17) is 10.3 Å². The van der Waals surface area contributed by atoms with Gasteiger partial charge in [-0.1, -0.05) is 11.2 Å². The highest BCUT2D eigenvalue weighted by Gasteiger charge is 2.33. The molecule has 0 saturated carbocycles. The molecule has 1 unspecified atom stereocenters. The molecule has 2 heterocycles. The first kappa shape index (κ1) is 13.7. The summed E-state index contributed by atoms with van der Waals surface area (Å²) in [6, 6.07) is 7.32. The third-order valence-electron chi connectivity index (χ3n) is 3.98. The Morgan fingerprint density at radius 1 is 1.38 bits per heavy atom. The van der Waals surface area contributed by atoms with E-state index in [1.807, 2.05) is 36.9 Å². The van der Waals surface area contributed by atoms with Gasteiger partial charge in [-0.05, 0) is 44.4 Å². The molecule has 1 amide bonds. The van der Waals surface area contributed by atoms with Gasteiger partial charge >= 0.3 is 0 Å². The lowest BCUT2D eigenvalue weighted by Crippen LogP contribution is -2.31. The van der Waals surface area contributed by atoms with Gasteiger partial charge in [0.1, 0.15) is 0 Å². The molecular formula is C16H19N3O2. The summed E-state index contributed by atoms with van der Waals surface area (Å²) in [7, 11) is 0. The number of aryl methyl sites for hydroxylation is 2. The third-order valence-corrected chi connectivity index (χ3v) is 3.98. The van der Waals surface area contributed by atoms with Gasteiger partial charge in [0, 0.05) is 23.9 Å². The summed E-state index contributed by atoms with van der Waals surface area (Å²) in [5, 5.41) is 3.93. The summed E-state index contributed by atoms with van der Waals surface area (Å²) in [4.78, 5) is 14.7. The van der Waals surface area contributed by atoms with Crippen LogP contribution in [0.1, 0.15) is 46.3 Å². The highest BCUT2D eigenvalue weighted by molar-refractivity contribution is 5.96. The van der Waals surface area contributed by atoms with Crippen molar-refractivity contribution in [2.75, 3.05) is 12.3 Å². The summed E-state index contributed by atoms with van der Waals surface area (Å²) in [5.74, 6) is 0.774. The van der Waals surface area contributed by atoms with Gasteiger partial charge < -0.3 is 15.2 Å². The molecule has 1 aromatic carbocycles. The number of nitrogen functional groups attached to an aromatic ring is 1. The standard InChI is InChI=1S/C16H19N3O2/c1-10-5-6-12(17)9-13(10)16(20)19-7-3-4-14(19)15-8-11(2)18-21-15/h5-6,8-9,14H,3-4,7,17H2,1-2H3. The fourth-order valence-electron chi connectivity index (χ4n) is 2.87. The van der Waals surface area contributed by atoms with E-state index in [9.17, 15) is 4.79 Å². The van der Waals surface area contributed by atoms with E-state index in [1.54, 1.807) is 6.07 Å². The number of nitrogens with two attached hydrogens (primary N) is 1. The maximum atomic E-state index is 12.8. The highest BCUT2D eigenvalue weighted by Crippen LogP contribution is 2.34. The molecule has 2 aromatic rings. The Kier molecular flexibility index (Phi) is 3.41. The van der Waals surface area contributed by atoms with Gasteiger partial charge in [0.05, 0.1) is 11.7 Å². The SMILES string of the molecule is Cc1cc(C2CCCN2C(=O)c2cc(N)ccc2C)on1. The van der Waals surface area contributed by atoms with Crippen LogP contribution < -0.4 is 5.73 Å². The van der Waals surface area contributed by atoms with Gasteiger partial charge in [0.25, 0.3) is 5.91 Å². The molecule has 1 aromatic heterocycles. The Bertz CT molecular complexity index is 678. The van der Waals surface area contributed by atoms with Gasteiger partial charge in [-0.15, -0.1) is 0 Å². The van der Waals surface area contributed by atoms with Crippen LogP contribution in [0.3, 0.4) is 0 Å². The van der Waals surface area contributed by atoms with Crippen LogP contribution in [0, 0.1) is 13.8 Å². The molecule has 1 saturated heterocycles. The number of anilines is 1. The maximum absolute atomic E-state index is 12.8. The lowest BCUT2D eigenvalue weighted by atomic mass is 10.1. The van der Waals surface area contributed by atoms with Gasteiger partial charge in [0.15, 0.2) is 5.76 Å². The Labute approximate surface area is 123 Å².